The number of hydrogen-bond acceptors (Lipinski definition) is 4. The van der Waals surface area contributed by atoms with Crippen LogP contribution < -0.4 is 5.32 Å². The van der Waals surface area contributed by atoms with Crippen molar-refractivity contribution in [2.75, 3.05) is 5.32 Å². The van der Waals surface area contributed by atoms with Crippen LogP contribution in [0.25, 0.3) is 10.9 Å². The highest BCUT2D eigenvalue weighted by molar-refractivity contribution is 5.91. The first-order valence-electron chi connectivity index (χ1n) is 7.89. The first kappa shape index (κ1) is 15.5. The normalized spacial score (nSPS) is 11.1. The third-order valence-electron chi connectivity index (χ3n) is 3.96. The summed E-state index contributed by atoms with van der Waals surface area (Å²) in [6.45, 7) is 6.64. The Balaban J connectivity index is 1.96. The molecule has 4 nitrogen and oxygen atoms in total. The number of nitrogens with one attached hydrogen (secondary N) is 1. The van der Waals surface area contributed by atoms with Gasteiger partial charge in [0.05, 0.1) is 11.2 Å². The van der Waals surface area contributed by atoms with Crippen molar-refractivity contribution in [2.45, 2.75) is 40.2 Å². The minimum absolute atomic E-state index is 0.264. The van der Waals surface area contributed by atoms with E-state index in [1.54, 1.807) is 6.07 Å². The van der Waals surface area contributed by atoms with E-state index in [0.717, 1.165) is 52.1 Å². The van der Waals surface area contributed by atoms with Crippen molar-refractivity contribution < 1.29 is 8.91 Å². The van der Waals surface area contributed by atoms with Gasteiger partial charge in [-0.15, -0.1) is 0 Å². The molecule has 1 aromatic carbocycles. The van der Waals surface area contributed by atoms with Crippen molar-refractivity contribution in [1.82, 2.24) is 10.1 Å². The second-order valence-electron chi connectivity index (χ2n) is 5.56. The first-order valence-corrected chi connectivity index (χ1v) is 7.89. The Morgan fingerprint density at radius 2 is 2.00 bits per heavy atom. The van der Waals surface area contributed by atoms with Crippen molar-refractivity contribution >= 4 is 16.6 Å². The van der Waals surface area contributed by atoms with Gasteiger partial charge in [0.2, 0.25) is 0 Å². The molecule has 0 amide bonds. The number of aromatic nitrogens is 2. The fourth-order valence-corrected chi connectivity index (χ4v) is 2.80. The van der Waals surface area contributed by atoms with Gasteiger partial charge in [-0.3, -0.25) is 4.98 Å². The molecule has 3 rings (SSSR count). The van der Waals surface area contributed by atoms with Crippen LogP contribution in [0.1, 0.15) is 36.6 Å². The largest absolute Gasteiger partial charge is 0.380 e. The van der Waals surface area contributed by atoms with Gasteiger partial charge < -0.3 is 9.84 Å². The monoisotopic (exact) mass is 313 g/mol. The molecular formula is C18H20FN3O. The molecule has 0 bridgehead atoms. The Morgan fingerprint density at radius 1 is 1.17 bits per heavy atom. The van der Waals surface area contributed by atoms with Crippen LogP contribution in [0.4, 0.5) is 10.1 Å². The lowest BCUT2D eigenvalue weighted by molar-refractivity contribution is 0.380. The predicted octanol–water partition coefficient (Wildman–Crippen LogP) is 4.41. The third-order valence-corrected chi connectivity index (χ3v) is 3.96. The van der Waals surface area contributed by atoms with Gasteiger partial charge >= 0.3 is 0 Å². The summed E-state index contributed by atoms with van der Waals surface area (Å²) in [7, 11) is 0. The number of rotatable bonds is 5. The molecule has 5 heteroatoms. The number of aryl methyl sites for hydroxylation is 3. The Labute approximate surface area is 134 Å². The molecule has 1 N–H and O–H groups in total. The molecule has 120 valence electrons. The summed E-state index contributed by atoms with van der Waals surface area (Å²) in [5, 5.41) is 8.31. The molecule has 0 saturated heterocycles. The summed E-state index contributed by atoms with van der Waals surface area (Å²) >= 11 is 0. The van der Waals surface area contributed by atoms with E-state index in [-0.39, 0.29) is 5.82 Å². The SMILES string of the molecule is CCc1noc(CC)c1CNc1cc(C)nc2ccc(F)cc12. The molecule has 0 unspecified atom stereocenters. The van der Waals surface area contributed by atoms with Gasteiger partial charge in [0.1, 0.15) is 11.6 Å². The highest BCUT2D eigenvalue weighted by Crippen LogP contribution is 2.26. The zero-order valence-corrected chi connectivity index (χ0v) is 13.6. The van der Waals surface area contributed by atoms with Crippen molar-refractivity contribution in [3.8, 4) is 0 Å². The van der Waals surface area contributed by atoms with Crippen molar-refractivity contribution in [1.29, 1.82) is 0 Å². The van der Waals surface area contributed by atoms with Crippen LogP contribution in [-0.4, -0.2) is 10.1 Å². The van der Waals surface area contributed by atoms with Gasteiger partial charge in [0.25, 0.3) is 0 Å². The molecule has 0 spiro atoms. The molecule has 23 heavy (non-hydrogen) atoms. The summed E-state index contributed by atoms with van der Waals surface area (Å²) in [6.07, 6.45) is 1.63. The van der Waals surface area contributed by atoms with Gasteiger partial charge in [0.15, 0.2) is 0 Å². The fraction of sp³-hybridized carbons (Fsp3) is 0.333. The number of halogens is 1. The third kappa shape index (κ3) is 3.04. The molecule has 2 aromatic heterocycles. The average molecular weight is 313 g/mol. The lowest BCUT2D eigenvalue weighted by atomic mass is 10.1. The van der Waals surface area contributed by atoms with E-state index in [4.69, 9.17) is 4.52 Å². The van der Waals surface area contributed by atoms with Gasteiger partial charge in [-0.05, 0) is 37.6 Å². The second-order valence-corrected chi connectivity index (χ2v) is 5.56. The highest BCUT2D eigenvalue weighted by Gasteiger charge is 2.14. The van der Waals surface area contributed by atoms with Crippen LogP contribution in [0.2, 0.25) is 0 Å². The molecular weight excluding hydrogens is 293 g/mol. The van der Waals surface area contributed by atoms with E-state index in [9.17, 15) is 4.39 Å². The van der Waals surface area contributed by atoms with Crippen LogP contribution in [0.15, 0.2) is 28.8 Å². The van der Waals surface area contributed by atoms with Crippen LogP contribution in [-0.2, 0) is 19.4 Å². The van der Waals surface area contributed by atoms with Gasteiger partial charge in [-0.2, -0.15) is 0 Å². The Morgan fingerprint density at radius 3 is 2.74 bits per heavy atom. The number of benzene rings is 1. The van der Waals surface area contributed by atoms with Crippen LogP contribution in [0.3, 0.4) is 0 Å². The molecule has 0 atom stereocenters. The quantitative estimate of drug-likeness (QED) is 0.758. The lowest BCUT2D eigenvalue weighted by Gasteiger charge is -2.11. The number of anilines is 1. The molecule has 0 aliphatic carbocycles. The van der Waals surface area contributed by atoms with E-state index in [2.05, 4.69) is 22.4 Å². The predicted molar refractivity (Wildman–Crippen MR) is 89.0 cm³/mol. The summed E-state index contributed by atoms with van der Waals surface area (Å²) in [5.74, 6) is 0.635. The molecule has 0 aliphatic heterocycles. The Hall–Kier alpha value is -2.43. The maximum atomic E-state index is 13.6. The summed E-state index contributed by atoms with van der Waals surface area (Å²) in [5.41, 5.74) is 4.61. The zero-order valence-electron chi connectivity index (χ0n) is 13.6. The Bertz CT molecular complexity index is 820. The molecule has 2 heterocycles. The van der Waals surface area contributed by atoms with Gasteiger partial charge in [-0.25, -0.2) is 4.39 Å². The molecule has 0 saturated carbocycles. The van der Waals surface area contributed by atoms with Gasteiger partial charge in [0, 0.05) is 35.3 Å². The minimum atomic E-state index is -0.264. The van der Waals surface area contributed by atoms with Crippen LogP contribution in [0.5, 0.6) is 0 Å². The maximum Gasteiger partial charge on any atom is 0.141 e. The second kappa shape index (κ2) is 6.36. The van der Waals surface area contributed by atoms with E-state index in [1.807, 2.05) is 19.9 Å². The maximum absolute atomic E-state index is 13.6. The zero-order chi connectivity index (χ0) is 16.4. The molecule has 0 radical (unpaired) electrons. The van der Waals surface area contributed by atoms with E-state index < -0.39 is 0 Å². The minimum Gasteiger partial charge on any atom is -0.380 e. The number of hydrogen-bond donors (Lipinski definition) is 1. The molecule has 0 fully saturated rings. The smallest absolute Gasteiger partial charge is 0.141 e. The van der Waals surface area contributed by atoms with Crippen molar-refractivity contribution in [3.63, 3.8) is 0 Å². The van der Waals surface area contributed by atoms with Gasteiger partial charge in [-0.1, -0.05) is 19.0 Å². The number of pyridine rings is 1. The van der Waals surface area contributed by atoms with Crippen LogP contribution in [0, 0.1) is 12.7 Å². The van der Waals surface area contributed by atoms with E-state index in [1.165, 1.54) is 12.1 Å². The highest BCUT2D eigenvalue weighted by atomic mass is 19.1. The van der Waals surface area contributed by atoms with E-state index >= 15 is 0 Å². The molecule has 3 aromatic rings. The average Bonchev–Trinajstić information content (AvgIpc) is 2.95. The summed E-state index contributed by atoms with van der Waals surface area (Å²) in [4.78, 5) is 4.45. The number of nitrogens with zero attached hydrogens (tertiary/aromatic N) is 2. The topological polar surface area (TPSA) is 51.0 Å². The van der Waals surface area contributed by atoms with Crippen molar-refractivity contribution in [3.05, 3.63) is 52.8 Å². The summed E-state index contributed by atoms with van der Waals surface area (Å²) < 4.78 is 19.0. The first-order chi connectivity index (χ1) is 11.1. The van der Waals surface area contributed by atoms with Crippen molar-refractivity contribution in [2.24, 2.45) is 0 Å². The lowest BCUT2D eigenvalue weighted by Crippen LogP contribution is -2.05. The number of fused-ring (bicyclic) bond motifs is 1. The molecule has 0 aliphatic rings. The summed E-state index contributed by atoms with van der Waals surface area (Å²) in [6, 6.07) is 6.59. The van der Waals surface area contributed by atoms with Crippen LogP contribution >= 0.6 is 0 Å². The Kier molecular flexibility index (Phi) is 4.28. The standard InChI is InChI=1S/C18H20FN3O/c1-4-15-14(18(5-2)23-22-15)10-20-17-8-11(3)21-16-7-6-12(19)9-13(16)17/h6-9H,4-5,10H2,1-3H3,(H,20,21). The fourth-order valence-electron chi connectivity index (χ4n) is 2.80. The van der Waals surface area contributed by atoms with E-state index in [0.29, 0.717) is 6.54 Å².